The molecular weight excluding hydrogens is 326 g/mol. The molecule has 26 heavy (non-hydrogen) atoms. The van der Waals surface area contributed by atoms with Crippen LogP contribution in [0.1, 0.15) is 34.8 Å². The van der Waals surface area contributed by atoms with E-state index in [-0.39, 0.29) is 5.91 Å². The molecule has 0 atom stereocenters. The van der Waals surface area contributed by atoms with E-state index in [1.807, 2.05) is 12.1 Å². The number of rotatable bonds is 7. The molecule has 0 aliphatic heterocycles. The van der Waals surface area contributed by atoms with Gasteiger partial charge in [0.05, 0.1) is 19.3 Å². The molecule has 3 aromatic rings. The predicted molar refractivity (Wildman–Crippen MR) is 103 cm³/mol. The van der Waals surface area contributed by atoms with Gasteiger partial charge in [-0.15, -0.1) is 0 Å². The van der Waals surface area contributed by atoms with Gasteiger partial charge in [0.2, 0.25) is 0 Å². The monoisotopic (exact) mass is 349 g/mol. The number of carbonyl (C=O) groups is 1. The molecule has 0 unspecified atom stereocenters. The molecule has 1 heterocycles. The van der Waals surface area contributed by atoms with Crippen LogP contribution >= 0.6 is 0 Å². The summed E-state index contributed by atoms with van der Waals surface area (Å²) in [5.41, 5.74) is 2.93. The first-order valence-electron chi connectivity index (χ1n) is 8.77. The fraction of sp³-hybridized carbons (Fsp3) is 0.238. The molecule has 1 N–H and O–H groups in total. The summed E-state index contributed by atoms with van der Waals surface area (Å²) >= 11 is 0. The van der Waals surface area contributed by atoms with Crippen LogP contribution in [0.25, 0.3) is 0 Å². The number of nitrogens with one attached hydrogen (secondary N) is 1. The lowest BCUT2D eigenvalue weighted by Gasteiger charge is -2.10. The Morgan fingerprint density at radius 2 is 1.81 bits per heavy atom. The van der Waals surface area contributed by atoms with Gasteiger partial charge in [0.1, 0.15) is 11.6 Å². The summed E-state index contributed by atoms with van der Waals surface area (Å²) in [4.78, 5) is 12.5. The summed E-state index contributed by atoms with van der Waals surface area (Å²) in [5.74, 6) is 1.27. The van der Waals surface area contributed by atoms with E-state index in [2.05, 4.69) is 48.5 Å². The zero-order valence-electron chi connectivity index (χ0n) is 15.1. The van der Waals surface area contributed by atoms with Crippen molar-refractivity contribution in [1.29, 1.82) is 0 Å². The third kappa shape index (κ3) is 4.51. The van der Waals surface area contributed by atoms with E-state index in [4.69, 9.17) is 4.74 Å². The van der Waals surface area contributed by atoms with Crippen LogP contribution in [0.5, 0.6) is 5.75 Å². The summed E-state index contributed by atoms with van der Waals surface area (Å²) in [6.07, 6.45) is 2.64. The number of ether oxygens (including phenoxy) is 1. The number of aryl methyl sites for hydroxylation is 1. The van der Waals surface area contributed by atoms with Gasteiger partial charge in [-0.2, -0.15) is 5.10 Å². The third-order valence-electron chi connectivity index (χ3n) is 4.00. The Morgan fingerprint density at radius 1 is 1.08 bits per heavy atom. The highest BCUT2D eigenvalue weighted by atomic mass is 16.5. The molecule has 0 fully saturated rings. The normalized spacial score (nSPS) is 10.5. The van der Waals surface area contributed by atoms with E-state index >= 15 is 0 Å². The van der Waals surface area contributed by atoms with Crippen LogP contribution in [-0.2, 0) is 6.54 Å². The Morgan fingerprint density at radius 3 is 2.50 bits per heavy atom. The van der Waals surface area contributed by atoms with Gasteiger partial charge in [0.25, 0.3) is 5.91 Å². The second kappa shape index (κ2) is 8.34. The number of amides is 1. The van der Waals surface area contributed by atoms with Gasteiger partial charge in [-0.25, -0.2) is 4.68 Å². The first-order valence-corrected chi connectivity index (χ1v) is 8.77. The third-order valence-corrected chi connectivity index (χ3v) is 4.00. The number of nitrogens with zero attached hydrogens (tertiary/aromatic N) is 2. The summed E-state index contributed by atoms with van der Waals surface area (Å²) in [6.45, 7) is 5.39. The second-order valence-electron chi connectivity index (χ2n) is 6.19. The topological polar surface area (TPSA) is 56.1 Å². The fourth-order valence-electron chi connectivity index (χ4n) is 2.54. The number of aromatic nitrogens is 2. The van der Waals surface area contributed by atoms with Gasteiger partial charge in [0.15, 0.2) is 0 Å². The van der Waals surface area contributed by atoms with Crippen LogP contribution in [0.2, 0.25) is 0 Å². The standard InChI is InChI=1S/C21H23N3O2/c1-3-14-26-19-10-8-18(9-11-19)21(25)23-20-12-13-22-24(20)15-17-6-4-16(2)5-7-17/h4-13H,3,14-15H2,1-2H3,(H,23,25). The molecule has 0 spiro atoms. The summed E-state index contributed by atoms with van der Waals surface area (Å²) in [6, 6.07) is 17.2. The van der Waals surface area contributed by atoms with Gasteiger partial charge >= 0.3 is 0 Å². The lowest BCUT2D eigenvalue weighted by Crippen LogP contribution is -2.16. The molecule has 0 radical (unpaired) electrons. The van der Waals surface area contributed by atoms with E-state index in [1.165, 1.54) is 5.56 Å². The first kappa shape index (κ1) is 17.7. The fourth-order valence-corrected chi connectivity index (χ4v) is 2.54. The molecule has 0 saturated carbocycles. The van der Waals surface area contributed by atoms with Gasteiger partial charge in [-0.1, -0.05) is 36.8 Å². The van der Waals surface area contributed by atoms with Crippen molar-refractivity contribution in [3.63, 3.8) is 0 Å². The van der Waals surface area contributed by atoms with Gasteiger partial charge in [-0.3, -0.25) is 4.79 Å². The smallest absolute Gasteiger partial charge is 0.256 e. The average Bonchev–Trinajstić information content (AvgIpc) is 3.09. The maximum absolute atomic E-state index is 12.5. The van der Waals surface area contributed by atoms with Gasteiger partial charge in [-0.05, 0) is 43.2 Å². The zero-order valence-corrected chi connectivity index (χ0v) is 15.1. The second-order valence-corrected chi connectivity index (χ2v) is 6.19. The van der Waals surface area contributed by atoms with E-state index in [9.17, 15) is 4.79 Å². The average molecular weight is 349 g/mol. The molecule has 0 aliphatic carbocycles. The lowest BCUT2D eigenvalue weighted by atomic mass is 10.1. The van der Waals surface area contributed by atoms with Crippen molar-refractivity contribution < 1.29 is 9.53 Å². The van der Waals surface area contributed by atoms with Crippen molar-refractivity contribution in [3.8, 4) is 5.75 Å². The quantitative estimate of drug-likeness (QED) is 0.692. The number of benzene rings is 2. The molecule has 0 bridgehead atoms. The number of carbonyl (C=O) groups excluding carboxylic acids is 1. The number of hydrogen-bond acceptors (Lipinski definition) is 3. The summed E-state index contributed by atoms with van der Waals surface area (Å²) in [5, 5.41) is 7.23. The Labute approximate surface area is 153 Å². The van der Waals surface area contributed by atoms with E-state index < -0.39 is 0 Å². The Hall–Kier alpha value is -3.08. The lowest BCUT2D eigenvalue weighted by molar-refractivity contribution is 0.102. The minimum absolute atomic E-state index is 0.169. The van der Waals surface area contributed by atoms with Crippen molar-refractivity contribution in [1.82, 2.24) is 9.78 Å². The molecule has 2 aromatic carbocycles. The molecule has 0 saturated heterocycles. The molecule has 5 heteroatoms. The van der Waals surface area contributed by atoms with Crippen molar-refractivity contribution >= 4 is 11.7 Å². The molecule has 1 amide bonds. The summed E-state index contributed by atoms with van der Waals surface area (Å²) < 4.78 is 7.32. The Kier molecular flexibility index (Phi) is 5.69. The number of anilines is 1. The van der Waals surface area contributed by atoms with E-state index in [0.29, 0.717) is 24.5 Å². The van der Waals surface area contributed by atoms with Crippen molar-refractivity contribution in [2.24, 2.45) is 0 Å². The highest BCUT2D eigenvalue weighted by Gasteiger charge is 2.10. The minimum Gasteiger partial charge on any atom is -0.494 e. The SMILES string of the molecule is CCCOc1ccc(C(=O)Nc2ccnn2Cc2ccc(C)cc2)cc1. The largest absolute Gasteiger partial charge is 0.494 e. The van der Waals surface area contributed by atoms with Crippen molar-refractivity contribution in [2.45, 2.75) is 26.8 Å². The minimum atomic E-state index is -0.169. The van der Waals surface area contributed by atoms with Crippen LogP contribution < -0.4 is 10.1 Å². The van der Waals surface area contributed by atoms with Crippen LogP contribution in [0.3, 0.4) is 0 Å². The Balaban J connectivity index is 1.66. The van der Waals surface area contributed by atoms with Crippen LogP contribution in [0.4, 0.5) is 5.82 Å². The molecule has 5 nitrogen and oxygen atoms in total. The van der Waals surface area contributed by atoms with Crippen LogP contribution in [-0.4, -0.2) is 22.3 Å². The molecule has 0 aliphatic rings. The first-order chi connectivity index (χ1) is 12.7. The molecule has 1 aromatic heterocycles. The number of hydrogen-bond donors (Lipinski definition) is 1. The van der Waals surface area contributed by atoms with Crippen molar-refractivity contribution in [3.05, 3.63) is 77.5 Å². The van der Waals surface area contributed by atoms with Crippen LogP contribution in [0.15, 0.2) is 60.8 Å². The molecular formula is C21H23N3O2. The molecule has 134 valence electrons. The highest BCUT2D eigenvalue weighted by Crippen LogP contribution is 2.15. The van der Waals surface area contributed by atoms with E-state index in [1.54, 1.807) is 29.1 Å². The van der Waals surface area contributed by atoms with E-state index in [0.717, 1.165) is 17.7 Å². The van der Waals surface area contributed by atoms with Gasteiger partial charge < -0.3 is 10.1 Å². The summed E-state index contributed by atoms with van der Waals surface area (Å²) in [7, 11) is 0. The predicted octanol–water partition coefficient (Wildman–Crippen LogP) is 4.28. The maximum atomic E-state index is 12.5. The highest BCUT2D eigenvalue weighted by molar-refractivity contribution is 6.03. The zero-order chi connectivity index (χ0) is 18.4. The van der Waals surface area contributed by atoms with Gasteiger partial charge in [0, 0.05) is 11.6 Å². The Bertz CT molecular complexity index is 852. The maximum Gasteiger partial charge on any atom is 0.256 e. The van der Waals surface area contributed by atoms with Crippen LogP contribution in [0, 0.1) is 6.92 Å². The van der Waals surface area contributed by atoms with Crippen molar-refractivity contribution in [2.75, 3.05) is 11.9 Å². The molecule has 3 rings (SSSR count).